The standard InChI is InChI=1S/C25H31ClN4O/c1-5-13-29(22(15-19-11-12-19)20-9-7-6-8-10-20)25-27-18(3)30(28-25)23-14-17(2)24(31-4)16-21(23)26/h6-10,14,16,19,22H,5,11-13,15H2,1-4H3/t22-/m0/s1. The number of aryl methyl sites for hydroxylation is 2. The lowest BCUT2D eigenvalue weighted by Crippen LogP contribution is -2.31. The van der Waals surface area contributed by atoms with Gasteiger partial charge >= 0.3 is 0 Å². The summed E-state index contributed by atoms with van der Waals surface area (Å²) in [5.41, 5.74) is 3.17. The number of rotatable bonds is 9. The average molecular weight is 439 g/mol. The average Bonchev–Trinajstić information content (AvgIpc) is 3.52. The van der Waals surface area contributed by atoms with Crippen LogP contribution in [0.25, 0.3) is 5.69 Å². The lowest BCUT2D eigenvalue weighted by Gasteiger charge is -2.31. The first kappa shape index (κ1) is 21.7. The van der Waals surface area contributed by atoms with Crippen LogP contribution in [0.2, 0.25) is 5.02 Å². The van der Waals surface area contributed by atoms with E-state index in [2.05, 4.69) is 42.2 Å². The van der Waals surface area contributed by atoms with Gasteiger partial charge in [-0.2, -0.15) is 4.98 Å². The number of methoxy groups -OCH3 is 1. The highest BCUT2D eigenvalue weighted by molar-refractivity contribution is 6.32. The van der Waals surface area contributed by atoms with E-state index in [4.69, 9.17) is 26.4 Å². The quantitative estimate of drug-likeness (QED) is 0.393. The van der Waals surface area contributed by atoms with Gasteiger partial charge < -0.3 is 9.64 Å². The van der Waals surface area contributed by atoms with Gasteiger partial charge in [-0.15, -0.1) is 5.10 Å². The highest BCUT2D eigenvalue weighted by Gasteiger charge is 2.31. The molecule has 0 unspecified atom stereocenters. The predicted molar refractivity (Wildman–Crippen MR) is 127 cm³/mol. The van der Waals surface area contributed by atoms with Gasteiger partial charge in [0, 0.05) is 12.6 Å². The second-order valence-electron chi connectivity index (χ2n) is 8.44. The molecule has 0 amide bonds. The number of benzene rings is 2. The first-order chi connectivity index (χ1) is 15.0. The van der Waals surface area contributed by atoms with Crippen molar-refractivity contribution in [2.75, 3.05) is 18.6 Å². The Morgan fingerprint density at radius 3 is 2.58 bits per heavy atom. The Labute approximate surface area is 190 Å². The van der Waals surface area contributed by atoms with Crippen LogP contribution in [-0.4, -0.2) is 28.4 Å². The van der Waals surface area contributed by atoms with Gasteiger partial charge in [-0.05, 0) is 49.8 Å². The van der Waals surface area contributed by atoms with Crippen molar-refractivity contribution < 1.29 is 4.74 Å². The van der Waals surface area contributed by atoms with E-state index in [1.807, 2.05) is 30.7 Å². The fourth-order valence-electron chi connectivity index (χ4n) is 4.18. The van der Waals surface area contributed by atoms with E-state index in [-0.39, 0.29) is 6.04 Å². The molecule has 0 radical (unpaired) electrons. The zero-order valence-corrected chi connectivity index (χ0v) is 19.6. The first-order valence-electron chi connectivity index (χ1n) is 11.1. The number of hydrogen-bond donors (Lipinski definition) is 0. The Hall–Kier alpha value is -2.53. The maximum absolute atomic E-state index is 6.59. The SMILES string of the molecule is CCCN(c1nc(C)n(-c2cc(C)c(OC)cc2Cl)n1)[C@@H](CC1CC1)c1ccccc1. The summed E-state index contributed by atoms with van der Waals surface area (Å²) in [5.74, 6) is 3.15. The highest BCUT2D eigenvalue weighted by atomic mass is 35.5. The minimum Gasteiger partial charge on any atom is -0.496 e. The summed E-state index contributed by atoms with van der Waals surface area (Å²) in [6.45, 7) is 7.11. The van der Waals surface area contributed by atoms with Gasteiger partial charge in [0.25, 0.3) is 0 Å². The lowest BCUT2D eigenvalue weighted by molar-refractivity contribution is 0.411. The fraction of sp³-hybridized carbons (Fsp3) is 0.440. The molecule has 6 heteroatoms. The topological polar surface area (TPSA) is 43.2 Å². The van der Waals surface area contributed by atoms with Crippen LogP contribution in [0, 0.1) is 19.8 Å². The third-order valence-electron chi connectivity index (χ3n) is 5.99. The van der Waals surface area contributed by atoms with Crippen molar-refractivity contribution in [3.05, 3.63) is 64.4 Å². The summed E-state index contributed by atoms with van der Waals surface area (Å²) in [4.78, 5) is 7.26. The monoisotopic (exact) mass is 438 g/mol. The van der Waals surface area contributed by atoms with Crippen LogP contribution in [0.5, 0.6) is 5.75 Å². The molecule has 0 spiro atoms. The first-order valence-corrected chi connectivity index (χ1v) is 11.5. The molecule has 1 fully saturated rings. The molecule has 5 nitrogen and oxygen atoms in total. The molecule has 0 bridgehead atoms. The van der Waals surface area contributed by atoms with Gasteiger partial charge in [0.15, 0.2) is 0 Å². The Morgan fingerprint density at radius 1 is 1.19 bits per heavy atom. The van der Waals surface area contributed by atoms with Crippen LogP contribution in [0.15, 0.2) is 42.5 Å². The molecule has 1 saturated carbocycles. The van der Waals surface area contributed by atoms with Crippen molar-refractivity contribution in [3.63, 3.8) is 0 Å². The molecule has 1 aliphatic rings. The van der Waals surface area contributed by atoms with Crippen LogP contribution in [-0.2, 0) is 0 Å². The predicted octanol–water partition coefficient (Wildman–Crippen LogP) is 6.30. The minimum atomic E-state index is 0.275. The van der Waals surface area contributed by atoms with Crippen LogP contribution in [0.3, 0.4) is 0 Å². The van der Waals surface area contributed by atoms with Gasteiger partial charge in [-0.3, -0.25) is 0 Å². The lowest BCUT2D eigenvalue weighted by atomic mass is 9.99. The molecule has 0 saturated heterocycles. The molecule has 4 rings (SSSR count). The maximum Gasteiger partial charge on any atom is 0.245 e. The summed E-state index contributed by atoms with van der Waals surface area (Å²) in [6, 6.07) is 14.9. The van der Waals surface area contributed by atoms with E-state index in [0.717, 1.165) is 54.1 Å². The Kier molecular flexibility index (Phi) is 6.51. The van der Waals surface area contributed by atoms with E-state index in [9.17, 15) is 0 Å². The van der Waals surface area contributed by atoms with Crippen molar-refractivity contribution in [3.8, 4) is 11.4 Å². The van der Waals surface area contributed by atoms with E-state index in [1.165, 1.54) is 18.4 Å². The second kappa shape index (κ2) is 9.31. The van der Waals surface area contributed by atoms with Crippen molar-refractivity contribution in [1.29, 1.82) is 0 Å². The van der Waals surface area contributed by atoms with E-state index < -0.39 is 0 Å². The molecule has 2 aromatic carbocycles. The molecule has 3 aromatic rings. The van der Waals surface area contributed by atoms with Crippen LogP contribution < -0.4 is 9.64 Å². The summed E-state index contributed by atoms with van der Waals surface area (Å²) in [5, 5.41) is 5.54. The highest BCUT2D eigenvalue weighted by Crippen LogP contribution is 2.41. The Bertz CT molecular complexity index is 1030. The van der Waals surface area contributed by atoms with Gasteiger partial charge in [-0.25, -0.2) is 4.68 Å². The van der Waals surface area contributed by atoms with Crippen molar-refractivity contribution >= 4 is 17.5 Å². The molecule has 0 aliphatic heterocycles. The third-order valence-corrected chi connectivity index (χ3v) is 6.29. The van der Waals surface area contributed by atoms with E-state index in [0.29, 0.717) is 5.02 Å². The molecular formula is C25H31ClN4O. The van der Waals surface area contributed by atoms with Gasteiger partial charge in [0.05, 0.1) is 23.9 Å². The Morgan fingerprint density at radius 2 is 1.94 bits per heavy atom. The second-order valence-corrected chi connectivity index (χ2v) is 8.85. The number of halogens is 1. The largest absolute Gasteiger partial charge is 0.496 e. The number of aromatic nitrogens is 3. The molecule has 1 atom stereocenters. The van der Waals surface area contributed by atoms with Crippen LogP contribution >= 0.6 is 11.6 Å². The maximum atomic E-state index is 6.59. The fourth-order valence-corrected chi connectivity index (χ4v) is 4.41. The molecule has 0 N–H and O–H groups in total. The molecule has 164 valence electrons. The molecule has 1 heterocycles. The van der Waals surface area contributed by atoms with Gasteiger partial charge in [0.1, 0.15) is 11.6 Å². The van der Waals surface area contributed by atoms with E-state index in [1.54, 1.807) is 7.11 Å². The number of hydrogen-bond acceptors (Lipinski definition) is 4. The molecule has 1 aromatic heterocycles. The van der Waals surface area contributed by atoms with Gasteiger partial charge in [0.2, 0.25) is 5.95 Å². The summed E-state index contributed by atoms with van der Waals surface area (Å²) in [6.07, 6.45) is 4.82. The minimum absolute atomic E-state index is 0.275. The van der Waals surface area contributed by atoms with Gasteiger partial charge in [-0.1, -0.05) is 61.7 Å². The Balaban J connectivity index is 1.73. The number of nitrogens with zero attached hydrogens (tertiary/aromatic N) is 4. The van der Waals surface area contributed by atoms with Crippen molar-refractivity contribution in [2.45, 2.75) is 52.5 Å². The van der Waals surface area contributed by atoms with Crippen LogP contribution in [0.1, 0.15) is 55.6 Å². The molecule has 31 heavy (non-hydrogen) atoms. The zero-order valence-electron chi connectivity index (χ0n) is 18.8. The summed E-state index contributed by atoms with van der Waals surface area (Å²) in [7, 11) is 1.66. The normalized spacial score (nSPS) is 14.5. The number of ether oxygens (including phenoxy) is 1. The van der Waals surface area contributed by atoms with E-state index >= 15 is 0 Å². The van der Waals surface area contributed by atoms with Crippen molar-refractivity contribution in [1.82, 2.24) is 14.8 Å². The molecular weight excluding hydrogens is 408 g/mol. The zero-order chi connectivity index (χ0) is 22.0. The third kappa shape index (κ3) is 4.72. The number of anilines is 1. The summed E-state index contributed by atoms with van der Waals surface area (Å²) >= 11 is 6.59. The smallest absolute Gasteiger partial charge is 0.245 e. The molecule has 1 aliphatic carbocycles. The summed E-state index contributed by atoms with van der Waals surface area (Å²) < 4.78 is 7.26. The van der Waals surface area contributed by atoms with Crippen molar-refractivity contribution in [2.24, 2.45) is 5.92 Å². The van der Waals surface area contributed by atoms with Crippen LogP contribution in [0.4, 0.5) is 5.95 Å².